The second kappa shape index (κ2) is 3.58. The van der Waals surface area contributed by atoms with E-state index in [2.05, 4.69) is 37.9 Å². The molecule has 2 nitrogen and oxygen atoms in total. The highest BCUT2D eigenvalue weighted by Crippen LogP contribution is 2.32. The van der Waals surface area contributed by atoms with Gasteiger partial charge in [-0.05, 0) is 28.1 Å². The first-order chi connectivity index (χ1) is 6.70. The van der Waals surface area contributed by atoms with Crippen LogP contribution in [-0.2, 0) is 0 Å². The lowest BCUT2D eigenvalue weighted by Crippen LogP contribution is -2.09. The summed E-state index contributed by atoms with van der Waals surface area (Å²) in [4.78, 5) is 6.21. The van der Waals surface area contributed by atoms with Crippen molar-refractivity contribution >= 4 is 32.4 Å². The molecule has 0 aliphatic carbocycles. The van der Waals surface area contributed by atoms with Crippen molar-refractivity contribution in [1.82, 2.24) is 4.98 Å². The van der Waals surface area contributed by atoms with Crippen molar-refractivity contribution in [3.63, 3.8) is 0 Å². The molecule has 1 heterocycles. The Labute approximate surface area is 91.7 Å². The van der Waals surface area contributed by atoms with Crippen LogP contribution in [0.3, 0.4) is 0 Å². The van der Waals surface area contributed by atoms with E-state index in [0.717, 1.165) is 4.47 Å². The first-order valence-electron chi connectivity index (χ1n) is 4.39. The fourth-order valence-corrected chi connectivity index (χ4v) is 2.28. The van der Waals surface area contributed by atoms with E-state index in [9.17, 15) is 0 Å². The normalized spacial score (nSPS) is 10.5. The maximum absolute atomic E-state index is 4.11. The number of nitrogens with zero attached hydrogens (tertiary/aromatic N) is 2. The van der Waals surface area contributed by atoms with E-state index in [4.69, 9.17) is 0 Å². The van der Waals surface area contributed by atoms with Gasteiger partial charge in [0.05, 0.1) is 5.69 Å². The maximum atomic E-state index is 4.11. The average molecular weight is 251 g/mol. The molecule has 0 radical (unpaired) electrons. The average Bonchev–Trinajstić information content (AvgIpc) is 2.17. The quantitative estimate of drug-likeness (QED) is 0.774. The Hall–Kier alpha value is -1.09. The number of fused-ring (bicyclic) bond motifs is 1. The third-order valence-electron chi connectivity index (χ3n) is 2.19. The molecule has 14 heavy (non-hydrogen) atoms. The van der Waals surface area contributed by atoms with Crippen molar-refractivity contribution in [2.75, 3.05) is 19.0 Å². The summed E-state index contributed by atoms with van der Waals surface area (Å²) in [5, 5.41) is 2.39. The first kappa shape index (κ1) is 9.46. The van der Waals surface area contributed by atoms with Crippen molar-refractivity contribution in [3.05, 3.63) is 35.1 Å². The third kappa shape index (κ3) is 1.48. The minimum Gasteiger partial charge on any atom is -0.376 e. The highest BCUT2D eigenvalue weighted by atomic mass is 79.9. The highest BCUT2D eigenvalue weighted by Gasteiger charge is 2.06. The molecule has 0 spiro atoms. The summed E-state index contributed by atoms with van der Waals surface area (Å²) in [5.74, 6) is 0. The lowest BCUT2D eigenvalue weighted by Gasteiger charge is -2.17. The summed E-state index contributed by atoms with van der Waals surface area (Å²) in [6.07, 6.45) is 3.70. The number of halogens is 1. The van der Waals surface area contributed by atoms with E-state index in [1.54, 1.807) is 0 Å². The fourth-order valence-electron chi connectivity index (χ4n) is 1.58. The van der Waals surface area contributed by atoms with Crippen LogP contribution in [0, 0.1) is 0 Å². The largest absolute Gasteiger partial charge is 0.376 e. The van der Waals surface area contributed by atoms with Crippen LogP contribution in [0.15, 0.2) is 35.1 Å². The molecule has 3 heteroatoms. The predicted octanol–water partition coefficient (Wildman–Crippen LogP) is 3.06. The Bertz CT molecular complexity index is 466. The Balaban J connectivity index is 2.83. The van der Waals surface area contributed by atoms with Crippen LogP contribution in [0.1, 0.15) is 0 Å². The van der Waals surface area contributed by atoms with Crippen molar-refractivity contribution in [2.45, 2.75) is 0 Å². The van der Waals surface area contributed by atoms with Crippen LogP contribution in [0.25, 0.3) is 10.8 Å². The first-order valence-corrected chi connectivity index (χ1v) is 5.19. The minimum absolute atomic E-state index is 1.11. The number of aromatic nitrogens is 1. The number of hydrogen-bond donors (Lipinski definition) is 0. The van der Waals surface area contributed by atoms with Crippen molar-refractivity contribution in [1.29, 1.82) is 0 Å². The lowest BCUT2D eigenvalue weighted by molar-refractivity contribution is 1.13. The molecule has 72 valence electrons. The summed E-state index contributed by atoms with van der Waals surface area (Å²) in [6, 6.07) is 6.16. The van der Waals surface area contributed by atoms with Crippen LogP contribution in [0.5, 0.6) is 0 Å². The van der Waals surface area contributed by atoms with Gasteiger partial charge in [-0.15, -0.1) is 0 Å². The van der Waals surface area contributed by atoms with E-state index in [-0.39, 0.29) is 0 Å². The molecule has 0 aliphatic rings. The number of pyridine rings is 1. The summed E-state index contributed by atoms with van der Waals surface area (Å²) in [6.45, 7) is 0. The molecule has 0 bridgehead atoms. The molecule has 0 saturated carbocycles. The zero-order valence-electron chi connectivity index (χ0n) is 8.16. The molecule has 0 aliphatic heterocycles. The van der Waals surface area contributed by atoms with Crippen LogP contribution in [0.2, 0.25) is 0 Å². The van der Waals surface area contributed by atoms with Crippen molar-refractivity contribution < 1.29 is 0 Å². The maximum Gasteiger partial charge on any atom is 0.0586 e. The summed E-state index contributed by atoms with van der Waals surface area (Å²) >= 11 is 3.56. The zero-order valence-corrected chi connectivity index (χ0v) is 9.75. The molecular weight excluding hydrogens is 240 g/mol. The lowest BCUT2D eigenvalue weighted by atomic mass is 10.1. The van der Waals surface area contributed by atoms with Gasteiger partial charge in [0.2, 0.25) is 0 Å². The van der Waals surface area contributed by atoms with E-state index in [1.807, 2.05) is 32.6 Å². The molecule has 0 unspecified atom stereocenters. The van der Waals surface area contributed by atoms with Crippen molar-refractivity contribution in [3.8, 4) is 0 Å². The fraction of sp³-hybridized carbons (Fsp3) is 0.182. The minimum atomic E-state index is 1.11. The molecule has 0 amide bonds. The van der Waals surface area contributed by atoms with Crippen molar-refractivity contribution in [2.24, 2.45) is 0 Å². The Kier molecular flexibility index (Phi) is 2.42. The zero-order chi connectivity index (χ0) is 10.1. The van der Waals surface area contributed by atoms with Crippen LogP contribution < -0.4 is 4.90 Å². The van der Waals surface area contributed by atoms with E-state index < -0.39 is 0 Å². The van der Waals surface area contributed by atoms with Gasteiger partial charge in [0.25, 0.3) is 0 Å². The number of anilines is 1. The molecule has 0 N–H and O–H groups in total. The summed E-state index contributed by atoms with van der Waals surface area (Å²) in [5.41, 5.74) is 1.20. The Morgan fingerprint density at radius 2 is 2.00 bits per heavy atom. The molecule has 2 rings (SSSR count). The summed E-state index contributed by atoms with van der Waals surface area (Å²) in [7, 11) is 4.08. The van der Waals surface area contributed by atoms with Gasteiger partial charge in [-0.3, -0.25) is 4.98 Å². The third-order valence-corrected chi connectivity index (χ3v) is 2.83. The highest BCUT2D eigenvalue weighted by molar-refractivity contribution is 9.10. The van der Waals surface area contributed by atoms with Gasteiger partial charge >= 0.3 is 0 Å². The van der Waals surface area contributed by atoms with Gasteiger partial charge in [-0.2, -0.15) is 0 Å². The van der Waals surface area contributed by atoms with E-state index >= 15 is 0 Å². The molecular formula is C11H11BrN2. The van der Waals surface area contributed by atoms with Gasteiger partial charge in [0.1, 0.15) is 0 Å². The molecule has 1 aromatic heterocycles. The van der Waals surface area contributed by atoms with Gasteiger partial charge < -0.3 is 4.90 Å². The number of hydrogen-bond acceptors (Lipinski definition) is 2. The van der Waals surface area contributed by atoms with Crippen LogP contribution in [0.4, 0.5) is 5.69 Å². The van der Waals surface area contributed by atoms with E-state index in [0.29, 0.717) is 0 Å². The Morgan fingerprint density at radius 1 is 1.21 bits per heavy atom. The monoisotopic (exact) mass is 250 g/mol. The van der Waals surface area contributed by atoms with Gasteiger partial charge in [0.15, 0.2) is 0 Å². The second-order valence-electron chi connectivity index (χ2n) is 3.39. The molecule has 2 aromatic rings. The Morgan fingerprint density at radius 3 is 2.71 bits per heavy atom. The second-order valence-corrected chi connectivity index (χ2v) is 4.24. The molecule has 0 fully saturated rings. The topological polar surface area (TPSA) is 16.1 Å². The van der Waals surface area contributed by atoms with Gasteiger partial charge in [-0.1, -0.05) is 6.07 Å². The van der Waals surface area contributed by atoms with Crippen LogP contribution >= 0.6 is 15.9 Å². The van der Waals surface area contributed by atoms with Gasteiger partial charge in [-0.25, -0.2) is 0 Å². The SMILES string of the molecule is CN(C)c1c(Br)ccc2cnccc12. The smallest absolute Gasteiger partial charge is 0.0586 e. The van der Waals surface area contributed by atoms with Gasteiger partial charge in [0, 0.05) is 41.7 Å². The predicted molar refractivity (Wildman–Crippen MR) is 63.8 cm³/mol. The number of benzene rings is 1. The van der Waals surface area contributed by atoms with E-state index in [1.165, 1.54) is 16.5 Å². The number of rotatable bonds is 1. The van der Waals surface area contributed by atoms with Crippen LogP contribution in [-0.4, -0.2) is 19.1 Å². The molecule has 1 aromatic carbocycles. The summed E-state index contributed by atoms with van der Waals surface area (Å²) < 4.78 is 1.11. The molecule has 0 saturated heterocycles. The molecule has 0 atom stereocenters. The standard InChI is InChI=1S/C11H11BrN2/c1-14(2)11-9-5-6-13-7-8(9)3-4-10(11)12/h3-7H,1-2H3.